The monoisotopic (exact) mass is 549 g/mol. The van der Waals surface area contributed by atoms with Gasteiger partial charge in [-0.05, 0) is 67.7 Å². The third-order valence-electron chi connectivity index (χ3n) is 7.05. The van der Waals surface area contributed by atoms with Crippen molar-refractivity contribution in [2.75, 3.05) is 33.8 Å². The zero-order chi connectivity index (χ0) is 28.3. The average molecular weight is 550 g/mol. The molecule has 4 aromatic heterocycles. The number of aromatic nitrogens is 5. The number of rotatable bonds is 10. The van der Waals surface area contributed by atoms with Gasteiger partial charge in [-0.1, -0.05) is 25.1 Å². The van der Waals surface area contributed by atoms with Crippen LogP contribution in [-0.4, -0.2) is 63.8 Å². The van der Waals surface area contributed by atoms with Crippen LogP contribution in [-0.2, 0) is 6.54 Å². The largest absolute Gasteiger partial charge is 0.492 e. The average Bonchev–Trinajstić information content (AvgIpc) is 3.59. The highest BCUT2D eigenvalue weighted by Crippen LogP contribution is 2.35. The lowest BCUT2D eigenvalue weighted by Crippen LogP contribution is -2.19. The second-order valence-electron chi connectivity index (χ2n) is 10.3. The maximum Gasteiger partial charge on any atom is 0.155 e. The third kappa shape index (κ3) is 5.68. The molecule has 3 N–H and O–H groups in total. The van der Waals surface area contributed by atoms with Crippen molar-refractivity contribution in [2.45, 2.75) is 13.5 Å². The highest BCUT2D eigenvalue weighted by Gasteiger charge is 2.16. The van der Waals surface area contributed by atoms with Gasteiger partial charge in [0.15, 0.2) is 5.65 Å². The molecule has 0 aliphatic carbocycles. The summed E-state index contributed by atoms with van der Waals surface area (Å²) in [5.74, 6) is 0.127. The van der Waals surface area contributed by atoms with Gasteiger partial charge in [0.2, 0.25) is 0 Å². The predicted molar refractivity (Wildman–Crippen MR) is 161 cm³/mol. The van der Waals surface area contributed by atoms with Gasteiger partial charge in [0.05, 0.1) is 17.4 Å². The minimum absolute atomic E-state index is 0.360. The minimum Gasteiger partial charge on any atom is -0.492 e. The smallest absolute Gasteiger partial charge is 0.155 e. The zero-order valence-electron chi connectivity index (χ0n) is 23.3. The normalized spacial score (nSPS) is 11.6. The van der Waals surface area contributed by atoms with Crippen LogP contribution in [0.4, 0.5) is 4.39 Å². The van der Waals surface area contributed by atoms with E-state index >= 15 is 0 Å². The molecule has 4 heterocycles. The van der Waals surface area contributed by atoms with Crippen molar-refractivity contribution < 1.29 is 9.13 Å². The molecular formula is C32H32FN7O. The molecule has 0 fully saturated rings. The Morgan fingerprint density at radius 1 is 0.951 bits per heavy atom. The predicted octanol–water partition coefficient (Wildman–Crippen LogP) is 6.02. The Morgan fingerprint density at radius 2 is 1.85 bits per heavy atom. The van der Waals surface area contributed by atoms with Crippen LogP contribution < -0.4 is 10.1 Å². The Kier molecular flexibility index (Phi) is 7.45. The molecule has 0 atom stereocenters. The maximum absolute atomic E-state index is 14.6. The van der Waals surface area contributed by atoms with E-state index in [1.54, 1.807) is 12.4 Å². The van der Waals surface area contributed by atoms with Crippen LogP contribution in [0, 0.1) is 5.82 Å². The number of H-pyrrole nitrogens is 2. The molecule has 41 heavy (non-hydrogen) atoms. The molecule has 0 bridgehead atoms. The van der Waals surface area contributed by atoms with E-state index in [9.17, 15) is 4.39 Å². The lowest BCUT2D eigenvalue weighted by Gasteiger charge is -2.12. The van der Waals surface area contributed by atoms with Crippen molar-refractivity contribution in [3.63, 3.8) is 0 Å². The van der Waals surface area contributed by atoms with Crippen molar-refractivity contribution in [1.29, 1.82) is 0 Å². The van der Waals surface area contributed by atoms with Gasteiger partial charge in [-0.15, -0.1) is 0 Å². The van der Waals surface area contributed by atoms with E-state index in [1.165, 1.54) is 17.7 Å². The molecule has 6 aromatic rings. The number of nitrogens with one attached hydrogen (secondary N) is 3. The van der Waals surface area contributed by atoms with Crippen LogP contribution in [0.1, 0.15) is 12.5 Å². The van der Waals surface area contributed by atoms with Crippen LogP contribution in [0.5, 0.6) is 5.75 Å². The van der Waals surface area contributed by atoms with Gasteiger partial charge in [0, 0.05) is 53.4 Å². The van der Waals surface area contributed by atoms with E-state index in [-0.39, 0.29) is 5.82 Å². The molecule has 9 heteroatoms. The summed E-state index contributed by atoms with van der Waals surface area (Å²) in [5.41, 5.74) is 7.93. The number of likely N-dealkylation sites (N-methyl/N-ethyl adjacent to an activating group) is 1. The van der Waals surface area contributed by atoms with Crippen molar-refractivity contribution in [3.05, 3.63) is 84.6 Å². The van der Waals surface area contributed by atoms with E-state index in [1.807, 2.05) is 37.3 Å². The fourth-order valence-corrected chi connectivity index (χ4v) is 4.95. The molecule has 0 aliphatic rings. The number of ether oxygens (including phenoxy) is 1. The molecule has 0 saturated heterocycles. The lowest BCUT2D eigenvalue weighted by molar-refractivity contribution is 0.260. The van der Waals surface area contributed by atoms with Gasteiger partial charge >= 0.3 is 0 Å². The summed E-state index contributed by atoms with van der Waals surface area (Å²) in [6.45, 7) is 5.04. The zero-order valence-corrected chi connectivity index (χ0v) is 23.3. The molecule has 2 aromatic carbocycles. The van der Waals surface area contributed by atoms with Gasteiger partial charge in [-0.25, -0.2) is 9.37 Å². The second kappa shape index (κ2) is 11.5. The fraction of sp³-hybridized carbons (Fsp3) is 0.219. The van der Waals surface area contributed by atoms with Crippen molar-refractivity contribution in [1.82, 2.24) is 35.4 Å². The molecule has 8 nitrogen and oxygen atoms in total. The number of pyridine rings is 2. The molecule has 0 unspecified atom stereocenters. The summed E-state index contributed by atoms with van der Waals surface area (Å²) in [5, 5.41) is 12.9. The van der Waals surface area contributed by atoms with Crippen LogP contribution in [0.3, 0.4) is 0 Å². The maximum atomic E-state index is 14.6. The topological polar surface area (TPSA) is 94.8 Å². The van der Waals surface area contributed by atoms with Gasteiger partial charge in [-0.2, -0.15) is 5.10 Å². The van der Waals surface area contributed by atoms with E-state index in [2.05, 4.69) is 67.7 Å². The first-order valence-corrected chi connectivity index (χ1v) is 13.7. The van der Waals surface area contributed by atoms with Crippen molar-refractivity contribution in [3.8, 4) is 39.4 Å². The van der Waals surface area contributed by atoms with Crippen molar-refractivity contribution in [2.24, 2.45) is 0 Å². The number of fused-ring (bicyclic) bond motifs is 2. The van der Waals surface area contributed by atoms with E-state index in [4.69, 9.17) is 4.74 Å². The van der Waals surface area contributed by atoms with Gasteiger partial charge in [0.1, 0.15) is 23.9 Å². The van der Waals surface area contributed by atoms with E-state index in [0.29, 0.717) is 23.6 Å². The number of hydrogen-bond acceptors (Lipinski definition) is 6. The fourth-order valence-electron chi connectivity index (χ4n) is 4.95. The molecule has 208 valence electrons. The summed E-state index contributed by atoms with van der Waals surface area (Å²) < 4.78 is 20.4. The Balaban J connectivity index is 1.37. The summed E-state index contributed by atoms with van der Waals surface area (Å²) in [7, 11) is 3.94. The molecule has 6 rings (SSSR count). The van der Waals surface area contributed by atoms with Crippen LogP contribution in [0.25, 0.3) is 55.6 Å². The number of benzene rings is 2. The summed E-state index contributed by atoms with van der Waals surface area (Å²) in [6.07, 6.45) is 5.39. The Bertz CT molecular complexity index is 1820. The lowest BCUT2D eigenvalue weighted by atomic mass is 10.0. The van der Waals surface area contributed by atoms with Crippen LogP contribution in [0.15, 0.2) is 73.2 Å². The first-order chi connectivity index (χ1) is 20.0. The number of nitrogens with zero attached hydrogens (tertiary/aromatic N) is 4. The molecular weight excluding hydrogens is 517 g/mol. The molecule has 0 aliphatic heterocycles. The van der Waals surface area contributed by atoms with E-state index < -0.39 is 0 Å². The minimum atomic E-state index is -0.360. The Labute approximate surface area is 237 Å². The molecule has 0 saturated carbocycles. The SMILES string of the molecule is CCNCc1cccc(-c2cnc3[nH]nc(-c4cc5c(-c6cc(F)cc(OCCN(C)C)c6)cncc5[nH]4)c3c2)c1. The first-order valence-electron chi connectivity index (χ1n) is 13.7. The standard InChI is InChI=1S/C32H32FN7O/c1-4-34-16-20-6-5-7-21(10-20)23-13-27-31(38-39-32(27)36-17-23)29-15-26-28(18-35-19-30(26)37-29)22-11-24(33)14-25(12-22)41-9-8-40(2)3/h5-7,10-15,17-19,34,37H,4,8-9,16H2,1-3H3,(H,36,38,39). The second-order valence-corrected chi connectivity index (χ2v) is 10.3. The summed E-state index contributed by atoms with van der Waals surface area (Å²) in [4.78, 5) is 14.6. The van der Waals surface area contributed by atoms with Gasteiger partial charge in [0.25, 0.3) is 0 Å². The first kappa shape index (κ1) is 26.6. The van der Waals surface area contributed by atoms with Crippen LogP contribution in [0.2, 0.25) is 0 Å². The summed E-state index contributed by atoms with van der Waals surface area (Å²) in [6, 6.07) is 17.4. The number of halogens is 1. The van der Waals surface area contributed by atoms with Crippen molar-refractivity contribution >= 4 is 21.9 Å². The number of hydrogen-bond donors (Lipinski definition) is 3. The third-order valence-corrected chi connectivity index (χ3v) is 7.05. The van der Waals surface area contributed by atoms with E-state index in [0.717, 1.165) is 64.0 Å². The van der Waals surface area contributed by atoms with Crippen LogP contribution >= 0.6 is 0 Å². The highest BCUT2D eigenvalue weighted by molar-refractivity contribution is 6.00. The number of aromatic amines is 2. The highest BCUT2D eigenvalue weighted by atomic mass is 19.1. The molecule has 0 amide bonds. The molecule has 0 spiro atoms. The Hall–Kier alpha value is -4.60. The quantitative estimate of drug-likeness (QED) is 0.193. The van der Waals surface area contributed by atoms with Gasteiger partial charge < -0.3 is 19.9 Å². The summed E-state index contributed by atoms with van der Waals surface area (Å²) >= 11 is 0. The molecule has 0 radical (unpaired) electrons. The Morgan fingerprint density at radius 3 is 2.71 bits per heavy atom. The van der Waals surface area contributed by atoms with Gasteiger partial charge in [-0.3, -0.25) is 10.1 Å².